The molecule has 2 heteroatoms. The summed E-state index contributed by atoms with van der Waals surface area (Å²) in [5.41, 5.74) is 1.96. The molecule has 13 heavy (non-hydrogen) atoms. The molecule has 0 radical (unpaired) electrons. The summed E-state index contributed by atoms with van der Waals surface area (Å²) in [7, 11) is 0. The van der Waals surface area contributed by atoms with Crippen LogP contribution in [0.5, 0.6) is 0 Å². The Morgan fingerprint density at radius 1 is 1.15 bits per heavy atom. The summed E-state index contributed by atoms with van der Waals surface area (Å²) in [6.07, 6.45) is 3.89. The maximum atomic E-state index is 12.8. The molecule has 1 nitrogen and oxygen atoms in total. The van der Waals surface area contributed by atoms with Crippen LogP contribution >= 0.6 is 0 Å². The number of benzene rings is 1. The van der Waals surface area contributed by atoms with Gasteiger partial charge in [0.1, 0.15) is 5.82 Å². The van der Waals surface area contributed by atoms with Crippen LogP contribution in [-0.4, -0.2) is 4.57 Å². The summed E-state index contributed by atoms with van der Waals surface area (Å²) in [5, 5.41) is 0. The van der Waals surface area contributed by atoms with Crippen LogP contribution in [0.2, 0.25) is 0 Å². The molecule has 1 aromatic carbocycles. The van der Waals surface area contributed by atoms with E-state index in [0.29, 0.717) is 0 Å². The number of nitrogens with zero attached hydrogens (tertiary/aromatic N) is 1. The van der Waals surface area contributed by atoms with Crippen LogP contribution < -0.4 is 0 Å². The summed E-state index contributed by atoms with van der Waals surface area (Å²) in [6.45, 7) is 1.90. The molecule has 1 heterocycles. The van der Waals surface area contributed by atoms with Crippen molar-refractivity contribution in [2.24, 2.45) is 0 Å². The summed E-state index contributed by atoms with van der Waals surface area (Å²) in [6, 6.07) is 8.69. The lowest BCUT2D eigenvalue weighted by molar-refractivity contribution is 0.626. The molecular weight excluding hydrogens is 165 g/mol. The molecule has 0 bridgehead atoms. The highest BCUT2D eigenvalue weighted by atomic mass is 19.1. The van der Waals surface area contributed by atoms with Gasteiger partial charge in [-0.1, -0.05) is 0 Å². The average Bonchev–Trinajstić information content (AvgIpc) is 2.56. The van der Waals surface area contributed by atoms with Crippen molar-refractivity contribution in [3.8, 4) is 5.69 Å². The fraction of sp³-hybridized carbons (Fsp3) is 0.0909. The zero-order valence-corrected chi connectivity index (χ0v) is 7.37. The van der Waals surface area contributed by atoms with E-state index >= 15 is 0 Å². The van der Waals surface area contributed by atoms with Crippen molar-refractivity contribution in [2.75, 3.05) is 0 Å². The molecule has 0 aliphatic rings. The van der Waals surface area contributed by atoms with Crippen LogP contribution in [0.3, 0.4) is 0 Å². The van der Waals surface area contributed by atoms with Crippen LogP contribution in [0.1, 0.15) is 5.56 Å². The first-order chi connectivity index (χ1) is 6.27. The lowest BCUT2D eigenvalue weighted by atomic mass is 10.2. The summed E-state index contributed by atoms with van der Waals surface area (Å²) >= 11 is 0. The monoisotopic (exact) mass is 175 g/mol. The van der Waals surface area contributed by atoms with Crippen molar-refractivity contribution < 1.29 is 4.39 Å². The molecule has 0 atom stereocenters. The molecule has 0 aliphatic heterocycles. The van der Waals surface area contributed by atoms with Gasteiger partial charge >= 0.3 is 0 Å². The third-order valence-electron chi connectivity index (χ3n) is 2.04. The smallest absolute Gasteiger partial charge is 0.123 e. The molecule has 66 valence electrons. The van der Waals surface area contributed by atoms with Gasteiger partial charge in [0.25, 0.3) is 0 Å². The van der Waals surface area contributed by atoms with Gasteiger partial charge < -0.3 is 4.57 Å². The second-order valence-corrected chi connectivity index (χ2v) is 3.02. The highest BCUT2D eigenvalue weighted by Gasteiger charge is 2.00. The summed E-state index contributed by atoms with van der Waals surface area (Å²) < 4.78 is 14.7. The van der Waals surface area contributed by atoms with Gasteiger partial charge in [-0.3, -0.25) is 0 Å². The molecule has 2 aromatic rings. The Hall–Kier alpha value is -1.57. The van der Waals surface area contributed by atoms with Crippen LogP contribution in [0.15, 0.2) is 42.7 Å². The molecule has 0 saturated carbocycles. The second kappa shape index (κ2) is 3.05. The van der Waals surface area contributed by atoms with E-state index in [9.17, 15) is 4.39 Å². The lowest BCUT2D eigenvalue weighted by Gasteiger charge is -2.06. The minimum Gasteiger partial charge on any atom is -0.324 e. The van der Waals surface area contributed by atoms with E-state index in [1.807, 2.05) is 36.0 Å². The van der Waals surface area contributed by atoms with E-state index in [2.05, 4.69) is 0 Å². The van der Waals surface area contributed by atoms with Crippen molar-refractivity contribution in [1.82, 2.24) is 4.57 Å². The SMILES string of the molecule is Cc1cc(F)ccc1-n1cccc1. The van der Waals surface area contributed by atoms with Gasteiger partial charge in [-0.15, -0.1) is 0 Å². The number of hydrogen-bond donors (Lipinski definition) is 0. The average molecular weight is 175 g/mol. The van der Waals surface area contributed by atoms with Gasteiger partial charge in [-0.25, -0.2) is 4.39 Å². The van der Waals surface area contributed by atoms with Gasteiger partial charge in [-0.2, -0.15) is 0 Å². The van der Waals surface area contributed by atoms with E-state index in [1.54, 1.807) is 6.07 Å². The second-order valence-electron chi connectivity index (χ2n) is 3.02. The van der Waals surface area contributed by atoms with Crippen LogP contribution in [-0.2, 0) is 0 Å². The van der Waals surface area contributed by atoms with E-state index in [1.165, 1.54) is 12.1 Å². The minimum atomic E-state index is -0.187. The Balaban J connectivity index is 2.53. The fourth-order valence-electron chi connectivity index (χ4n) is 1.40. The molecule has 0 aliphatic carbocycles. The molecule has 0 N–H and O–H groups in total. The first-order valence-electron chi connectivity index (χ1n) is 4.17. The molecule has 1 aromatic heterocycles. The van der Waals surface area contributed by atoms with E-state index < -0.39 is 0 Å². The Kier molecular flexibility index (Phi) is 1.89. The zero-order valence-electron chi connectivity index (χ0n) is 7.37. The highest BCUT2D eigenvalue weighted by Crippen LogP contribution is 2.14. The van der Waals surface area contributed by atoms with Crippen LogP contribution in [0.4, 0.5) is 4.39 Å². The third-order valence-corrected chi connectivity index (χ3v) is 2.04. The molecule has 0 spiro atoms. The van der Waals surface area contributed by atoms with E-state index in [4.69, 9.17) is 0 Å². The number of aryl methyl sites for hydroxylation is 1. The number of rotatable bonds is 1. The first kappa shape index (κ1) is 8.05. The van der Waals surface area contributed by atoms with E-state index in [-0.39, 0.29) is 5.82 Å². The maximum absolute atomic E-state index is 12.8. The molecule has 0 fully saturated rings. The van der Waals surface area contributed by atoms with Gasteiger partial charge in [0.05, 0.1) is 0 Å². The highest BCUT2D eigenvalue weighted by molar-refractivity contribution is 5.40. The zero-order chi connectivity index (χ0) is 9.26. The standard InChI is InChI=1S/C11H10FN/c1-9-8-10(12)4-5-11(9)13-6-2-3-7-13/h2-8H,1H3. The molecule has 0 amide bonds. The van der Waals surface area contributed by atoms with Crippen molar-refractivity contribution in [2.45, 2.75) is 6.92 Å². The topological polar surface area (TPSA) is 4.93 Å². The van der Waals surface area contributed by atoms with Crippen molar-refractivity contribution in [3.05, 3.63) is 54.1 Å². The maximum Gasteiger partial charge on any atom is 0.123 e. The van der Waals surface area contributed by atoms with Crippen molar-refractivity contribution in [1.29, 1.82) is 0 Å². The van der Waals surface area contributed by atoms with Gasteiger partial charge in [0.2, 0.25) is 0 Å². The number of aromatic nitrogens is 1. The van der Waals surface area contributed by atoms with Crippen LogP contribution in [0.25, 0.3) is 5.69 Å². The quantitative estimate of drug-likeness (QED) is 0.628. The predicted molar refractivity (Wildman–Crippen MR) is 50.5 cm³/mol. The summed E-state index contributed by atoms with van der Waals surface area (Å²) in [5.74, 6) is -0.187. The predicted octanol–water partition coefficient (Wildman–Crippen LogP) is 2.92. The van der Waals surface area contributed by atoms with Crippen molar-refractivity contribution >= 4 is 0 Å². The first-order valence-corrected chi connectivity index (χ1v) is 4.17. The van der Waals surface area contributed by atoms with Crippen LogP contribution in [0, 0.1) is 12.7 Å². The fourth-order valence-corrected chi connectivity index (χ4v) is 1.40. The number of hydrogen-bond acceptors (Lipinski definition) is 0. The third kappa shape index (κ3) is 1.47. The Labute approximate surface area is 76.4 Å². The van der Waals surface area contributed by atoms with Crippen molar-refractivity contribution in [3.63, 3.8) is 0 Å². The normalized spacial score (nSPS) is 10.3. The van der Waals surface area contributed by atoms with E-state index in [0.717, 1.165) is 11.3 Å². The van der Waals surface area contributed by atoms with Gasteiger partial charge in [0, 0.05) is 18.1 Å². The molecular formula is C11H10FN. The Morgan fingerprint density at radius 3 is 2.46 bits per heavy atom. The Morgan fingerprint density at radius 2 is 1.85 bits per heavy atom. The Bertz CT molecular complexity index is 404. The number of halogens is 1. The van der Waals surface area contributed by atoms with Gasteiger partial charge in [0.15, 0.2) is 0 Å². The summed E-state index contributed by atoms with van der Waals surface area (Å²) in [4.78, 5) is 0. The molecule has 0 saturated heterocycles. The lowest BCUT2D eigenvalue weighted by Crippen LogP contribution is -1.93. The minimum absolute atomic E-state index is 0.187. The largest absolute Gasteiger partial charge is 0.324 e. The van der Waals surface area contributed by atoms with Gasteiger partial charge in [-0.05, 0) is 42.8 Å². The molecule has 0 unspecified atom stereocenters. The molecule has 2 rings (SSSR count).